The summed E-state index contributed by atoms with van der Waals surface area (Å²) < 4.78 is 25.3. The van der Waals surface area contributed by atoms with Gasteiger partial charge in [-0.05, 0) is 216 Å². The minimum Gasteiger partial charge on any atom is -0.465 e. The highest BCUT2D eigenvalue weighted by Gasteiger charge is 2.35. The Morgan fingerprint density at radius 3 is 0.545 bits per heavy atom. The molecule has 2 fully saturated rings. The molecule has 0 saturated heterocycles. The molecule has 2 N–H and O–H groups in total. The molecule has 101 heavy (non-hydrogen) atoms. The number of carbonyl (C=O) groups is 9. The number of hydrogen-bond donors (Lipinski definition) is 2. The Morgan fingerprint density at radius 1 is 0.277 bits per heavy atom. The van der Waals surface area contributed by atoms with Gasteiger partial charge in [0.05, 0.1) is 59.1 Å². The van der Waals surface area contributed by atoms with E-state index in [1.165, 1.54) is 25.7 Å². The number of nitrogens with one attached hydrogen (secondary N) is 2. The minimum atomic E-state index is -0.384. The Morgan fingerprint density at radius 2 is 0.455 bits per heavy atom. The van der Waals surface area contributed by atoms with Crippen LogP contribution in [0.1, 0.15) is 381 Å². The van der Waals surface area contributed by atoms with E-state index in [2.05, 4.69) is 10.6 Å². The second-order valence-electron chi connectivity index (χ2n) is 40.9. The molecule has 2 saturated carbocycles. The van der Waals surface area contributed by atoms with E-state index >= 15 is 0 Å². The molecule has 0 aromatic heterocycles. The highest BCUT2D eigenvalue weighted by atomic mass is 16.6. The number of rotatable bonds is 7. The van der Waals surface area contributed by atoms with E-state index in [9.17, 15) is 43.2 Å². The lowest BCUT2D eigenvalue weighted by Crippen LogP contribution is -2.46. The van der Waals surface area contributed by atoms with Gasteiger partial charge in [0.1, 0.15) is 11.6 Å². The average Bonchev–Trinajstić information content (AvgIpc) is 1.55. The highest BCUT2D eigenvalue weighted by molar-refractivity contribution is 5.89. The zero-order valence-corrected chi connectivity index (χ0v) is 71.5. The van der Waals surface area contributed by atoms with Crippen molar-refractivity contribution in [2.45, 2.75) is 405 Å². The van der Waals surface area contributed by atoms with Crippen molar-refractivity contribution in [3.63, 3.8) is 0 Å². The highest BCUT2D eigenvalue weighted by Crippen LogP contribution is 2.32. The second-order valence-corrected chi connectivity index (χ2v) is 40.9. The van der Waals surface area contributed by atoms with Crippen molar-refractivity contribution in [2.75, 3.05) is 19.8 Å². The van der Waals surface area contributed by atoms with Crippen LogP contribution >= 0.6 is 0 Å². The van der Waals surface area contributed by atoms with Gasteiger partial charge in [-0.15, -0.1) is 0 Å². The summed E-state index contributed by atoms with van der Waals surface area (Å²) in [6.45, 7) is 90.1. The van der Waals surface area contributed by atoms with Crippen LogP contribution in [0.15, 0.2) is 0 Å². The lowest BCUT2D eigenvalue weighted by molar-refractivity contribution is -0.157. The Labute approximate surface area is 629 Å². The first-order chi connectivity index (χ1) is 41.4. The summed E-state index contributed by atoms with van der Waals surface area (Å²) in [6, 6.07) is 0. The molecule has 0 atom stereocenters. The van der Waals surface area contributed by atoms with E-state index < -0.39 is 0 Å². The molecule has 0 bridgehead atoms. The van der Waals surface area contributed by atoms with E-state index in [0.29, 0.717) is 43.2 Å². The summed E-state index contributed by atoms with van der Waals surface area (Å²) in [6.07, 6.45) is 4.92. The first-order valence-corrected chi connectivity index (χ1v) is 35.1. The molecule has 2 aliphatic carbocycles. The Balaban J connectivity index is -0.0000000877. The molecule has 0 unspecified atom stereocenters. The number of carbonyl (C=O) groups excluding carboxylic acids is 9. The van der Waals surface area contributed by atoms with Crippen LogP contribution in [0.25, 0.3) is 0 Å². The van der Waals surface area contributed by atoms with Crippen LogP contribution in [-0.2, 0) is 66.8 Å². The SMILES string of the molecule is C.C.C.C.C.CC(C)(C)C(=O)C(C)(C)C.CC(C)(C)C(=O)C(C)(C)C.CC(C)(C)C(=O)OCC1CC1.CC(C)(C)C(=O)OCC1CC1.CC(C)(C)COC(=O)C(C)(C)C.CC(C)(C)NC(=O)C(C)(C)C.CC(C)(C)NC(=O)C(C)(C)C.CC(C)OC(=O)C(C)(C)C.CC(C)OC(=O)C(C)(C)C. The molecule has 0 aromatic carbocycles. The quantitative estimate of drug-likeness (QED) is 0.179. The number of ketones is 2. The molecule has 2 amide bonds. The standard InChI is InChI=1S/C10H20O2.2C9H19NO.2C9H16O2.2C9H18O.2C8H16O2.5CH4/c1-9(2,3)7-12-8(11)10(4,5)6;2*1-8(2,3)7(11)10-9(4,5)6;2*1-9(2,3)8(10)11-6-7-4-5-7;2*1-8(2,3)7(10)9(4,5)6;2*1-6(2)10-7(9)8(3,4)5;;;;;/h7H2,1-6H3;2*1-6H3,(H,10,11);2*7H,4-6H2,1-3H3;2*1-6H3;2*6H,1-5H3;5*1H4. The van der Waals surface area contributed by atoms with E-state index in [0.717, 1.165) is 0 Å². The normalized spacial score (nSPS) is 13.3. The van der Waals surface area contributed by atoms with Gasteiger partial charge in [0.2, 0.25) is 11.8 Å². The van der Waals surface area contributed by atoms with Crippen LogP contribution in [-0.4, -0.2) is 96.3 Å². The number of hydrogen-bond acceptors (Lipinski definition) is 14. The summed E-state index contributed by atoms with van der Waals surface area (Å²) >= 11 is 0. The van der Waals surface area contributed by atoms with Crippen LogP contribution in [0.5, 0.6) is 0 Å². The van der Waals surface area contributed by atoms with E-state index in [1.54, 1.807) is 0 Å². The van der Waals surface area contributed by atoms with E-state index in [-0.39, 0.29) is 167 Å². The van der Waals surface area contributed by atoms with E-state index in [4.69, 9.17) is 23.7 Å². The number of ether oxygens (including phenoxy) is 5. The van der Waals surface area contributed by atoms with Crippen LogP contribution in [0.2, 0.25) is 0 Å². The number of esters is 5. The van der Waals surface area contributed by atoms with Gasteiger partial charge >= 0.3 is 29.8 Å². The summed E-state index contributed by atoms with van der Waals surface area (Å²) in [4.78, 5) is 101. The third-order valence-corrected chi connectivity index (χ3v) is 11.7. The van der Waals surface area contributed by atoms with Crippen molar-refractivity contribution < 1.29 is 66.8 Å². The molecular weight excluding hydrogens is 1270 g/mol. The zero-order valence-electron chi connectivity index (χ0n) is 71.5. The Bertz CT molecular complexity index is 2130. The largest absolute Gasteiger partial charge is 0.465 e. The van der Waals surface area contributed by atoms with Crippen molar-refractivity contribution >= 4 is 53.2 Å². The van der Waals surface area contributed by atoms with Crippen molar-refractivity contribution in [3.05, 3.63) is 0 Å². The fraction of sp³-hybridized carbons (Fsp3) is 0.894. The Kier molecular flexibility index (Phi) is 59.5. The van der Waals surface area contributed by atoms with Crippen LogP contribution in [0.3, 0.4) is 0 Å². The fourth-order valence-electron chi connectivity index (χ4n) is 5.98. The van der Waals surface area contributed by atoms with Crippen molar-refractivity contribution in [1.82, 2.24) is 10.6 Å². The van der Waals surface area contributed by atoms with Gasteiger partial charge < -0.3 is 34.3 Å². The molecular formula is C85H178N2O14. The molecule has 0 heterocycles. The molecule has 0 aromatic rings. The topological polar surface area (TPSA) is 224 Å². The average molecular weight is 1450 g/mol. The molecule has 612 valence electrons. The van der Waals surface area contributed by atoms with Crippen molar-refractivity contribution in [2.24, 2.45) is 76.8 Å². The maximum atomic E-state index is 11.5. The maximum Gasteiger partial charge on any atom is 0.311 e. The number of Topliss-reactive ketones (excluding diaryl/α,β-unsaturated/α-hetero) is 2. The zero-order chi connectivity index (χ0) is 79.4. The summed E-state index contributed by atoms with van der Waals surface area (Å²) in [7, 11) is 0. The van der Waals surface area contributed by atoms with Crippen molar-refractivity contribution in [1.29, 1.82) is 0 Å². The van der Waals surface area contributed by atoms with Gasteiger partial charge in [-0.1, -0.05) is 183 Å². The molecule has 0 spiro atoms. The van der Waals surface area contributed by atoms with Gasteiger partial charge in [-0.25, -0.2) is 0 Å². The summed E-state index contributed by atoms with van der Waals surface area (Å²) in [5.41, 5.74) is -3.34. The first kappa shape index (κ1) is 123. The van der Waals surface area contributed by atoms with Gasteiger partial charge in [0.15, 0.2) is 0 Å². The van der Waals surface area contributed by atoms with Gasteiger partial charge in [-0.2, -0.15) is 0 Å². The third-order valence-electron chi connectivity index (χ3n) is 11.7. The predicted molar refractivity (Wildman–Crippen MR) is 434 cm³/mol. The summed E-state index contributed by atoms with van der Waals surface area (Å²) in [5.74, 6) is 1.62. The molecule has 2 rings (SSSR count). The molecule has 16 nitrogen and oxygen atoms in total. The smallest absolute Gasteiger partial charge is 0.311 e. The number of amides is 2. The lowest BCUT2D eigenvalue weighted by Gasteiger charge is -2.26. The molecule has 0 radical (unpaired) electrons. The van der Waals surface area contributed by atoms with Crippen molar-refractivity contribution in [3.8, 4) is 0 Å². The lowest BCUT2D eigenvalue weighted by atomic mass is 9.76. The molecule has 2 aliphatic rings. The van der Waals surface area contributed by atoms with Gasteiger partial charge in [-0.3, -0.25) is 43.2 Å². The van der Waals surface area contributed by atoms with Crippen LogP contribution in [0, 0.1) is 76.8 Å². The van der Waals surface area contributed by atoms with Gasteiger partial charge in [0.25, 0.3) is 0 Å². The van der Waals surface area contributed by atoms with Crippen LogP contribution < -0.4 is 10.6 Å². The monoisotopic (exact) mass is 1450 g/mol. The third kappa shape index (κ3) is 81.2. The first-order valence-electron chi connectivity index (χ1n) is 35.1. The van der Waals surface area contributed by atoms with Crippen LogP contribution in [0.4, 0.5) is 0 Å². The predicted octanol–water partition coefficient (Wildman–Crippen LogP) is 22.9. The van der Waals surface area contributed by atoms with E-state index in [1.807, 2.05) is 318 Å². The second kappa shape index (κ2) is 48.7. The maximum absolute atomic E-state index is 11.5. The summed E-state index contributed by atoms with van der Waals surface area (Å²) in [5, 5.41) is 5.84. The molecule has 0 aliphatic heterocycles. The molecule has 16 heteroatoms. The minimum absolute atomic E-state index is 0. The Hall–Kier alpha value is -4.37. The van der Waals surface area contributed by atoms with Gasteiger partial charge in [0, 0.05) is 43.6 Å². The fourth-order valence-corrected chi connectivity index (χ4v) is 5.98.